The summed E-state index contributed by atoms with van der Waals surface area (Å²) < 4.78 is 13.3. The highest BCUT2D eigenvalue weighted by atomic mass is 32.2. The standard InChI is InChI=1S/C41H35NO7S/c1-25-35(24-50-36-15-5-4-14-34(36)40(46)47)48-41(49-37(25)28-18-16-26(23-43)17-19-28)31-11-7-10-30(21-31)29-9-6-8-27(20-29)22-42-38(44)32-12-2-3-13-33(32)39(42)45/h2-21,25,35,37,41,43H,22-24H2,1H3,(H,46,47). The summed E-state index contributed by atoms with van der Waals surface area (Å²) in [4.78, 5) is 39.9. The lowest BCUT2D eigenvalue weighted by Crippen LogP contribution is -2.38. The summed E-state index contributed by atoms with van der Waals surface area (Å²) in [6.45, 7) is 2.18. The van der Waals surface area contributed by atoms with Gasteiger partial charge in [0.2, 0.25) is 0 Å². The van der Waals surface area contributed by atoms with E-state index in [0.717, 1.165) is 33.4 Å². The first-order chi connectivity index (χ1) is 24.3. The zero-order valence-electron chi connectivity index (χ0n) is 27.3. The highest BCUT2D eigenvalue weighted by Crippen LogP contribution is 2.44. The molecule has 0 aliphatic carbocycles. The molecule has 2 amide bonds. The minimum Gasteiger partial charge on any atom is -0.478 e. The molecule has 2 aliphatic rings. The number of thioether (sulfide) groups is 1. The predicted octanol–water partition coefficient (Wildman–Crippen LogP) is 7.92. The fourth-order valence-corrected chi connectivity index (χ4v) is 7.74. The number of aromatic carboxylic acids is 1. The Morgan fingerprint density at radius 3 is 2.10 bits per heavy atom. The molecule has 2 N–H and O–H groups in total. The van der Waals surface area contributed by atoms with Crippen LogP contribution < -0.4 is 0 Å². The normalized spacial score (nSPS) is 20.2. The fourth-order valence-electron chi connectivity index (χ4n) is 6.53. The molecule has 2 aliphatic heterocycles. The zero-order chi connectivity index (χ0) is 34.8. The summed E-state index contributed by atoms with van der Waals surface area (Å²) in [7, 11) is 0. The molecule has 0 radical (unpaired) electrons. The molecule has 252 valence electrons. The Balaban J connectivity index is 1.15. The van der Waals surface area contributed by atoms with E-state index >= 15 is 0 Å². The van der Waals surface area contributed by atoms with Crippen molar-refractivity contribution in [2.75, 3.05) is 5.75 Å². The molecule has 4 unspecified atom stereocenters. The number of carboxylic acids is 1. The van der Waals surface area contributed by atoms with Gasteiger partial charge in [-0.05, 0) is 64.2 Å². The Bertz CT molecular complexity index is 2030. The molecule has 8 nitrogen and oxygen atoms in total. The van der Waals surface area contributed by atoms with Gasteiger partial charge in [-0.1, -0.05) is 91.9 Å². The van der Waals surface area contributed by atoms with Gasteiger partial charge in [0.15, 0.2) is 6.29 Å². The predicted molar refractivity (Wildman–Crippen MR) is 190 cm³/mol. The number of benzene rings is 5. The molecular weight excluding hydrogens is 651 g/mol. The number of carbonyl (C=O) groups is 3. The summed E-state index contributed by atoms with van der Waals surface area (Å²) in [5.74, 6) is -1.12. The number of aliphatic hydroxyl groups excluding tert-OH is 1. The van der Waals surface area contributed by atoms with Crippen LogP contribution in [0, 0.1) is 5.92 Å². The third-order valence-electron chi connectivity index (χ3n) is 9.28. The van der Waals surface area contributed by atoms with Gasteiger partial charge in [-0.25, -0.2) is 4.79 Å². The molecule has 9 heteroatoms. The Hall–Kier alpha value is -5.06. The first-order valence-corrected chi connectivity index (χ1v) is 17.4. The SMILES string of the molecule is CC1C(CSc2ccccc2C(=O)O)OC(c2cccc(-c3cccc(CN4C(=O)c5ccccc5C4=O)c3)c2)OC1c1ccc(CO)cc1. The highest BCUT2D eigenvalue weighted by molar-refractivity contribution is 7.99. The topological polar surface area (TPSA) is 113 Å². The van der Waals surface area contributed by atoms with Crippen molar-refractivity contribution in [1.29, 1.82) is 0 Å². The molecule has 50 heavy (non-hydrogen) atoms. The third-order valence-corrected chi connectivity index (χ3v) is 10.4. The van der Waals surface area contributed by atoms with Crippen LogP contribution in [0.1, 0.15) is 72.6 Å². The van der Waals surface area contributed by atoms with Crippen LogP contribution in [0.25, 0.3) is 11.1 Å². The molecule has 0 spiro atoms. The molecular formula is C41H35NO7S. The molecule has 5 aromatic carbocycles. The molecule has 0 saturated carbocycles. The van der Waals surface area contributed by atoms with E-state index in [1.807, 2.05) is 84.9 Å². The van der Waals surface area contributed by atoms with Crippen molar-refractivity contribution in [1.82, 2.24) is 4.90 Å². The number of hydrogen-bond acceptors (Lipinski definition) is 7. The minimum atomic E-state index is -0.974. The van der Waals surface area contributed by atoms with Gasteiger partial charge in [0.05, 0.1) is 42.0 Å². The maximum absolute atomic E-state index is 13.0. The lowest BCUT2D eigenvalue weighted by molar-refractivity contribution is -0.268. The van der Waals surface area contributed by atoms with Crippen LogP contribution in [-0.4, -0.2) is 44.8 Å². The number of nitrogens with zero attached hydrogens (tertiary/aromatic N) is 1. The summed E-state index contributed by atoms with van der Waals surface area (Å²) in [6, 6.07) is 37.3. The van der Waals surface area contributed by atoms with E-state index in [4.69, 9.17) is 9.47 Å². The Kier molecular flexibility index (Phi) is 9.65. The second-order valence-corrected chi connectivity index (χ2v) is 13.6. The smallest absolute Gasteiger partial charge is 0.336 e. The molecule has 2 heterocycles. The molecule has 5 aromatic rings. The summed E-state index contributed by atoms with van der Waals surface area (Å²) >= 11 is 1.45. The lowest BCUT2D eigenvalue weighted by atomic mass is 9.91. The van der Waals surface area contributed by atoms with E-state index in [1.165, 1.54) is 16.7 Å². The Labute approximate surface area is 294 Å². The van der Waals surface area contributed by atoms with E-state index in [9.17, 15) is 24.6 Å². The van der Waals surface area contributed by atoms with Crippen LogP contribution in [-0.2, 0) is 22.6 Å². The van der Waals surface area contributed by atoms with Crippen LogP contribution >= 0.6 is 11.8 Å². The number of rotatable bonds is 10. The van der Waals surface area contributed by atoms with Crippen LogP contribution in [0.2, 0.25) is 0 Å². The van der Waals surface area contributed by atoms with E-state index in [0.29, 0.717) is 21.8 Å². The molecule has 1 saturated heterocycles. The number of hydrogen-bond donors (Lipinski definition) is 2. The Morgan fingerprint density at radius 2 is 1.40 bits per heavy atom. The molecule has 0 bridgehead atoms. The molecule has 0 aromatic heterocycles. The van der Waals surface area contributed by atoms with E-state index < -0.39 is 12.3 Å². The number of carboxylic acid groups (broad SMARTS) is 1. The molecule has 4 atom stereocenters. The van der Waals surface area contributed by atoms with Gasteiger partial charge in [-0.15, -0.1) is 11.8 Å². The number of ether oxygens (including phenoxy) is 2. The monoisotopic (exact) mass is 685 g/mol. The van der Waals surface area contributed by atoms with Crippen LogP contribution in [0.3, 0.4) is 0 Å². The van der Waals surface area contributed by atoms with Crippen molar-refractivity contribution < 1.29 is 34.1 Å². The average molecular weight is 686 g/mol. The van der Waals surface area contributed by atoms with Gasteiger partial charge in [-0.2, -0.15) is 0 Å². The number of fused-ring (bicyclic) bond motifs is 1. The molecule has 1 fully saturated rings. The zero-order valence-corrected chi connectivity index (χ0v) is 28.1. The number of imide groups is 1. The van der Waals surface area contributed by atoms with Crippen LogP contribution in [0.15, 0.2) is 126 Å². The van der Waals surface area contributed by atoms with E-state index in [1.54, 1.807) is 36.4 Å². The first kappa shape index (κ1) is 33.4. The van der Waals surface area contributed by atoms with Gasteiger partial charge >= 0.3 is 5.97 Å². The summed E-state index contributed by atoms with van der Waals surface area (Å²) in [5.41, 5.74) is 6.34. The van der Waals surface area contributed by atoms with E-state index in [2.05, 4.69) is 6.92 Å². The summed E-state index contributed by atoms with van der Waals surface area (Å²) in [5, 5.41) is 19.3. The summed E-state index contributed by atoms with van der Waals surface area (Å²) in [6.07, 6.45) is -1.32. The minimum absolute atomic E-state index is 0.0539. The highest BCUT2D eigenvalue weighted by Gasteiger charge is 2.39. The third kappa shape index (κ3) is 6.73. The average Bonchev–Trinajstić information content (AvgIpc) is 3.39. The largest absolute Gasteiger partial charge is 0.478 e. The van der Waals surface area contributed by atoms with Gasteiger partial charge in [0.1, 0.15) is 0 Å². The maximum Gasteiger partial charge on any atom is 0.336 e. The van der Waals surface area contributed by atoms with Crippen molar-refractivity contribution in [3.63, 3.8) is 0 Å². The van der Waals surface area contributed by atoms with Crippen LogP contribution in [0.4, 0.5) is 0 Å². The molecule has 7 rings (SSSR count). The lowest BCUT2D eigenvalue weighted by Gasteiger charge is -2.41. The van der Waals surface area contributed by atoms with Crippen molar-refractivity contribution >= 4 is 29.5 Å². The second kappa shape index (κ2) is 14.4. The van der Waals surface area contributed by atoms with Gasteiger partial charge in [-0.3, -0.25) is 14.5 Å². The van der Waals surface area contributed by atoms with Crippen molar-refractivity contribution in [2.45, 2.75) is 43.5 Å². The van der Waals surface area contributed by atoms with Gasteiger partial charge in [0.25, 0.3) is 11.8 Å². The second-order valence-electron chi connectivity index (χ2n) is 12.5. The van der Waals surface area contributed by atoms with E-state index in [-0.39, 0.29) is 48.7 Å². The van der Waals surface area contributed by atoms with Crippen molar-refractivity contribution in [3.05, 3.63) is 160 Å². The first-order valence-electron chi connectivity index (χ1n) is 16.4. The van der Waals surface area contributed by atoms with Gasteiger partial charge in [0, 0.05) is 22.1 Å². The number of amides is 2. The number of carbonyl (C=O) groups excluding carboxylic acids is 2. The fraction of sp³-hybridized carbons (Fsp3) is 0.195. The van der Waals surface area contributed by atoms with Crippen molar-refractivity contribution in [3.8, 4) is 11.1 Å². The number of aliphatic hydroxyl groups is 1. The van der Waals surface area contributed by atoms with Crippen molar-refractivity contribution in [2.24, 2.45) is 5.92 Å². The van der Waals surface area contributed by atoms with Crippen LogP contribution in [0.5, 0.6) is 0 Å². The van der Waals surface area contributed by atoms with Gasteiger partial charge < -0.3 is 19.7 Å². The Morgan fingerprint density at radius 1 is 0.740 bits per heavy atom. The maximum atomic E-state index is 13.0. The quantitative estimate of drug-likeness (QED) is 0.113.